The zero-order valence-corrected chi connectivity index (χ0v) is 16.5. The molecule has 28 heavy (non-hydrogen) atoms. The van der Waals surface area contributed by atoms with Crippen LogP contribution < -0.4 is 15.4 Å². The minimum Gasteiger partial charge on any atom is -0.457 e. The van der Waals surface area contributed by atoms with E-state index in [1.165, 1.54) is 6.07 Å². The Balaban J connectivity index is 1.46. The van der Waals surface area contributed by atoms with E-state index in [1.807, 2.05) is 18.2 Å². The summed E-state index contributed by atoms with van der Waals surface area (Å²) in [6.45, 7) is 0. The molecule has 1 aliphatic rings. The third kappa shape index (κ3) is 3.61. The SMILES string of the molecule is O=C(Nc1ccc(Oc2ccc3c(c2)C(=O)NC3=O)cc1)c1ccccc1I. The molecule has 0 aliphatic carbocycles. The first kappa shape index (κ1) is 18.2. The summed E-state index contributed by atoms with van der Waals surface area (Å²) in [6.07, 6.45) is 0. The van der Waals surface area contributed by atoms with E-state index in [-0.39, 0.29) is 5.91 Å². The van der Waals surface area contributed by atoms with Crippen molar-refractivity contribution in [3.05, 3.63) is 87.0 Å². The third-order valence-corrected chi connectivity index (χ3v) is 5.11. The standard InChI is InChI=1S/C21H13IN2O4/c22-18-4-2-1-3-16(18)20(26)23-12-5-7-13(8-6-12)28-14-9-10-15-17(11-14)21(27)24-19(15)25/h1-11H,(H,23,26)(H,24,25,27). The first-order valence-corrected chi connectivity index (χ1v) is 9.43. The van der Waals surface area contributed by atoms with E-state index in [1.54, 1.807) is 42.5 Å². The van der Waals surface area contributed by atoms with Crippen molar-refractivity contribution < 1.29 is 19.1 Å². The number of amides is 3. The van der Waals surface area contributed by atoms with Gasteiger partial charge in [-0.05, 0) is 77.2 Å². The highest BCUT2D eigenvalue weighted by Gasteiger charge is 2.26. The lowest BCUT2D eigenvalue weighted by molar-refractivity contribution is 0.0878. The molecule has 0 aromatic heterocycles. The lowest BCUT2D eigenvalue weighted by atomic mass is 10.1. The monoisotopic (exact) mass is 484 g/mol. The van der Waals surface area contributed by atoms with Crippen molar-refractivity contribution in [2.45, 2.75) is 0 Å². The van der Waals surface area contributed by atoms with Crippen molar-refractivity contribution in [2.75, 3.05) is 5.32 Å². The van der Waals surface area contributed by atoms with Crippen molar-refractivity contribution >= 4 is 46.0 Å². The summed E-state index contributed by atoms with van der Waals surface area (Å²) in [5.41, 5.74) is 1.88. The number of carbonyl (C=O) groups excluding carboxylic acids is 3. The molecule has 0 fully saturated rings. The average molecular weight is 484 g/mol. The van der Waals surface area contributed by atoms with E-state index < -0.39 is 11.8 Å². The van der Waals surface area contributed by atoms with Gasteiger partial charge in [-0.2, -0.15) is 0 Å². The Labute approximate surface area is 174 Å². The number of halogens is 1. The smallest absolute Gasteiger partial charge is 0.259 e. The van der Waals surface area contributed by atoms with Gasteiger partial charge >= 0.3 is 0 Å². The van der Waals surface area contributed by atoms with Crippen LogP contribution in [-0.4, -0.2) is 17.7 Å². The summed E-state index contributed by atoms with van der Waals surface area (Å²) >= 11 is 2.12. The average Bonchev–Trinajstić information content (AvgIpc) is 2.97. The Kier molecular flexibility index (Phi) is 4.82. The molecule has 0 saturated heterocycles. The molecular formula is C21H13IN2O4. The highest BCUT2D eigenvalue weighted by atomic mass is 127. The summed E-state index contributed by atoms with van der Waals surface area (Å²) in [5.74, 6) is -0.0389. The highest BCUT2D eigenvalue weighted by Crippen LogP contribution is 2.27. The molecule has 1 aliphatic heterocycles. The number of hydrogen-bond acceptors (Lipinski definition) is 4. The molecule has 6 nitrogen and oxygen atoms in total. The van der Waals surface area contributed by atoms with Gasteiger partial charge < -0.3 is 10.1 Å². The summed E-state index contributed by atoms with van der Waals surface area (Å²) in [7, 11) is 0. The number of rotatable bonds is 4. The van der Waals surface area contributed by atoms with Gasteiger partial charge in [0.25, 0.3) is 17.7 Å². The van der Waals surface area contributed by atoms with E-state index in [0.717, 1.165) is 3.57 Å². The van der Waals surface area contributed by atoms with E-state index in [9.17, 15) is 14.4 Å². The maximum absolute atomic E-state index is 12.4. The van der Waals surface area contributed by atoms with Gasteiger partial charge in [0.2, 0.25) is 0 Å². The maximum atomic E-state index is 12.4. The summed E-state index contributed by atoms with van der Waals surface area (Å²) < 4.78 is 6.62. The maximum Gasteiger partial charge on any atom is 0.259 e. The Hall–Kier alpha value is -3.20. The zero-order valence-electron chi connectivity index (χ0n) is 14.4. The molecule has 1 heterocycles. The van der Waals surface area contributed by atoms with E-state index in [4.69, 9.17) is 4.74 Å². The molecule has 3 aromatic rings. The van der Waals surface area contributed by atoms with Crippen LogP contribution in [0.4, 0.5) is 5.69 Å². The molecule has 0 spiro atoms. The van der Waals surface area contributed by atoms with Crippen molar-refractivity contribution in [1.82, 2.24) is 5.32 Å². The molecule has 0 unspecified atom stereocenters. The van der Waals surface area contributed by atoms with Crippen LogP contribution in [0.15, 0.2) is 66.7 Å². The van der Waals surface area contributed by atoms with Crippen LogP contribution >= 0.6 is 22.6 Å². The number of benzene rings is 3. The van der Waals surface area contributed by atoms with Crippen LogP contribution in [0.5, 0.6) is 11.5 Å². The highest BCUT2D eigenvalue weighted by molar-refractivity contribution is 14.1. The second-order valence-corrected chi connectivity index (χ2v) is 7.21. The molecule has 3 aromatic carbocycles. The van der Waals surface area contributed by atoms with Crippen LogP contribution in [0.25, 0.3) is 0 Å². The molecule has 3 amide bonds. The first-order valence-electron chi connectivity index (χ1n) is 8.35. The Morgan fingerprint density at radius 2 is 1.54 bits per heavy atom. The van der Waals surface area contributed by atoms with Crippen LogP contribution in [0.2, 0.25) is 0 Å². The zero-order chi connectivity index (χ0) is 19.7. The lowest BCUT2D eigenvalue weighted by Gasteiger charge is -2.09. The molecular weight excluding hydrogens is 471 g/mol. The predicted molar refractivity (Wildman–Crippen MR) is 112 cm³/mol. The number of hydrogen-bond donors (Lipinski definition) is 2. The number of carbonyl (C=O) groups is 3. The molecule has 7 heteroatoms. The second-order valence-electron chi connectivity index (χ2n) is 6.05. The van der Waals surface area contributed by atoms with Crippen molar-refractivity contribution in [2.24, 2.45) is 0 Å². The fraction of sp³-hybridized carbons (Fsp3) is 0. The van der Waals surface area contributed by atoms with Crippen molar-refractivity contribution in [1.29, 1.82) is 0 Å². The van der Waals surface area contributed by atoms with Crippen LogP contribution in [-0.2, 0) is 0 Å². The fourth-order valence-electron chi connectivity index (χ4n) is 2.80. The fourth-order valence-corrected chi connectivity index (χ4v) is 3.43. The Morgan fingerprint density at radius 1 is 0.857 bits per heavy atom. The molecule has 0 saturated carbocycles. The van der Waals surface area contributed by atoms with Gasteiger partial charge in [0, 0.05) is 9.26 Å². The molecule has 2 N–H and O–H groups in total. The Morgan fingerprint density at radius 3 is 2.29 bits per heavy atom. The Bertz CT molecular complexity index is 1110. The second kappa shape index (κ2) is 7.43. The molecule has 4 rings (SSSR count). The van der Waals surface area contributed by atoms with Crippen molar-refractivity contribution in [3.8, 4) is 11.5 Å². The van der Waals surface area contributed by atoms with Gasteiger partial charge in [-0.15, -0.1) is 0 Å². The minimum absolute atomic E-state index is 0.187. The van der Waals surface area contributed by atoms with Gasteiger partial charge in [-0.1, -0.05) is 12.1 Å². The third-order valence-electron chi connectivity index (χ3n) is 4.17. The summed E-state index contributed by atoms with van der Waals surface area (Å²) in [6, 6.07) is 18.9. The quantitative estimate of drug-likeness (QED) is 0.429. The van der Waals surface area contributed by atoms with Gasteiger partial charge in [-0.25, -0.2) is 0 Å². The first-order chi connectivity index (χ1) is 13.5. The number of anilines is 1. The predicted octanol–water partition coefficient (Wildman–Crippen LogP) is 4.22. The van der Waals surface area contributed by atoms with Gasteiger partial charge in [0.05, 0.1) is 16.7 Å². The minimum atomic E-state index is -0.431. The number of nitrogens with one attached hydrogen (secondary N) is 2. The van der Waals surface area contributed by atoms with E-state index in [2.05, 4.69) is 33.2 Å². The van der Waals surface area contributed by atoms with Crippen LogP contribution in [0.1, 0.15) is 31.1 Å². The molecule has 0 bridgehead atoms. The molecule has 0 radical (unpaired) electrons. The largest absolute Gasteiger partial charge is 0.457 e. The van der Waals surface area contributed by atoms with Crippen LogP contribution in [0.3, 0.4) is 0 Å². The number of fused-ring (bicyclic) bond motifs is 1. The van der Waals surface area contributed by atoms with E-state index in [0.29, 0.717) is 33.9 Å². The lowest BCUT2D eigenvalue weighted by Crippen LogP contribution is -2.19. The van der Waals surface area contributed by atoms with Crippen molar-refractivity contribution in [3.63, 3.8) is 0 Å². The number of ether oxygens (including phenoxy) is 1. The molecule has 0 atom stereocenters. The number of imide groups is 1. The van der Waals surface area contributed by atoms with Crippen LogP contribution in [0, 0.1) is 3.57 Å². The normalized spacial score (nSPS) is 12.3. The summed E-state index contributed by atoms with van der Waals surface area (Å²) in [5, 5.41) is 5.09. The van der Waals surface area contributed by atoms with Gasteiger partial charge in [-0.3, -0.25) is 19.7 Å². The van der Waals surface area contributed by atoms with Gasteiger partial charge in [0.15, 0.2) is 0 Å². The van der Waals surface area contributed by atoms with E-state index >= 15 is 0 Å². The van der Waals surface area contributed by atoms with Gasteiger partial charge in [0.1, 0.15) is 11.5 Å². The summed E-state index contributed by atoms with van der Waals surface area (Å²) in [4.78, 5) is 35.7. The molecule has 138 valence electrons. The topological polar surface area (TPSA) is 84.5 Å².